The zero-order valence-electron chi connectivity index (χ0n) is 12.7. The van der Waals surface area contributed by atoms with Gasteiger partial charge in [0.05, 0.1) is 6.10 Å². The lowest BCUT2D eigenvalue weighted by atomic mass is 9.90. The van der Waals surface area contributed by atoms with Crippen LogP contribution in [0, 0.1) is 5.92 Å². The predicted octanol–water partition coefficient (Wildman–Crippen LogP) is 2.41. The second-order valence-electron chi connectivity index (χ2n) is 7.01. The molecule has 3 heteroatoms. The van der Waals surface area contributed by atoms with Crippen LogP contribution in [0.1, 0.15) is 52.4 Å². The summed E-state index contributed by atoms with van der Waals surface area (Å²) in [6.45, 7) is 9.32. The van der Waals surface area contributed by atoms with Crippen molar-refractivity contribution in [1.29, 1.82) is 0 Å². The van der Waals surface area contributed by atoms with Crippen LogP contribution in [0.25, 0.3) is 0 Å². The maximum Gasteiger partial charge on any atom is 0.0613 e. The minimum absolute atomic E-state index is 0.452. The summed E-state index contributed by atoms with van der Waals surface area (Å²) in [5.41, 5.74) is 0.452. The van der Waals surface area contributed by atoms with E-state index in [1.165, 1.54) is 58.2 Å². The van der Waals surface area contributed by atoms with Crippen molar-refractivity contribution in [3.63, 3.8) is 0 Å². The molecule has 3 fully saturated rings. The first-order valence-electron chi connectivity index (χ1n) is 8.33. The lowest BCUT2D eigenvalue weighted by Gasteiger charge is -2.46. The summed E-state index contributed by atoms with van der Waals surface area (Å²) in [6.07, 6.45) is 8.56. The maximum atomic E-state index is 5.87. The van der Waals surface area contributed by atoms with E-state index in [1.807, 2.05) is 0 Å². The van der Waals surface area contributed by atoms with E-state index in [0.29, 0.717) is 17.7 Å². The monoisotopic (exact) mass is 266 g/mol. The lowest BCUT2D eigenvalue weighted by Crippen LogP contribution is -2.63. The molecule has 0 amide bonds. The first-order chi connectivity index (χ1) is 9.22. The Morgan fingerprint density at radius 2 is 2.11 bits per heavy atom. The maximum absolute atomic E-state index is 5.87. The minimum atomic E-state index is 0.452. The second kappa shape index (κ2) is 5.71. The molecule has 0 aromatic heterocycles. The molecule has 2 heterocycles. The number of hydrogen-bond acceptors (Lipinski definition) is 3. The Bertz CT molecular complexity index is 301. The molecule has 0 aromatic carbocycles. The van der Waals surface area contributed by atoms with E-state index in [1.54, 1.807) is 0 Å². The molecular weight excluding hydrogens is 236 g/mol. The average Bonchev–Trinajstić information content (AvgIpc) is 3.04. The molecule has 1 saturated carbocycles. The summed E-state index contributed by atoms with van der Waals surface area (Å²) in [7, 11) is 0. The fourth-order valence-corrected chi connectivity index (χ4v) is 4.38. The van der Waals surface area contributed by atoms with Crippen molar-refractivity contribution in [3.05, 3.63) is 0 Å². The van der Waals surface area contributed by atoms with E-state index in [-0.39, 0.29) is 0 Å². The van der Waals surface area contributed by atoms with Gasteiger partial charge in [0.2, 0.25) is 0 Å². The number of nitrogens with one attached hydrogen (secondary N) is 1. The largest absolute Gasteiger partial charge is 0.378 e. The summed E-state index contributed by atoms with van der Waals surface area (Å²) in [6, 6.07) is 0.685. The van der Waals surface area contributed by atoms with Gasteiger partial charge in [-0.2, -0.15) is 0 Å². The fourth-order valence-electron chi connectivity index (χ4n) is 4.38. The molecule has 1 N–H and O–H groups in total. The molecule has 2 saturated heterocycles. The Kier molecular flexibility index (Phi) is 4.16. The van der Waals surface area contributed by atoms with Gasteiger partial charge >= 0.3 is 0 Å². The van der Waals surface area contributed by atoms with Crippen molar-refractivity contribution in [2.75, 3.05) is 26.2 Å². The molecule has 3 unspecified atom stereocenters. The Morgan fingerprint density at radius 3 is 2.84 bits per heavy atom. The summed E-state index contributed by atoms with van der Waals surface area (Å²) in [4.78, 5) is 2.75. The van der Waals surface area contributed by atoms with Crippen LogP contribution < -0.4 is 5.32 Å². The summed E-state index contributed by atoms with van der Waals surface area (Å²) >= 11 is 0. The van der Waals surface area contributed by atoms with Crippen LogP contribution in [0.2, 0.25) is 0 Å². The van der Waals surface area contributed by atoms with Gasteiger partial charge in [-0.15, -0.1) is 0 Å². The van der Waals surface area contributed by atoms with Crippen LogP contribution in [-0.2, 0) is 4.74 Å². The molecule has 2 aliphatic heterocycles. The van der Waals surface area contributed by atoms with Crippen molar-refractivity contribution in [3.8, 4) is 0 Å². The third-order valence-electron chi connectivity index (χ3n) is 5.68. The first-order valence-corrected chi connectivity index (χ1v) is 8.33. The number of hydrogen-bond donors (Lipinski definition) is 1. The SMILES string of the molecule is CCC1OCCC1CN1CC2(CCCC2)NCC1C. The molecule has 3 rings (SSSR count). The first kappa shape index (κ1) is 13.8. The zero-order chi connectivity index (χ0) is 13.3. The number of rotatable bonds is 3. The highest BCUT2D eigenvalue weighted by atomic mass is 16.5. The van der Waals surface area contributed by atoms with Crippen molar-refractivity contribution in [1.82, 2.24) is 10.2 Å². The lowest BCUT2D eigenvalue weighted by molar-refractivity contribution is 0.0425. The van der Waals surface area contributed by atoms with Crippen LogP contribution in [0.15, 0.2) is 0 Å². The molecule has 1 aliphatic carbocycles. The summed E-state index contributed by atoms with van der Waals surface area (Å²) < 4.78 is 5.87. The van der Waals surface area contributed by atoms with Gasteiger partial charge in [-0.05, 0) is 38.5 Å². The van der Waals surface area contributed by atoms with Gasteiger partial charge < -0.3 is 10.1 Å². The molecule has 110 valence electrons. The highest BCUT2D eigenvalue weighted by molar-refractivity contribution is 5.00. The molecule has 0 aromatic rings. The summed E-state index contributed by atoms with van der Waals surface area (Å²) in [5, 5.41) is 3.85. The van der Waals surface area contributed by atoms with Gasteiger partial charge in [-0.25, -0.2) is 0 Å². The van der Waals surface area contributed by atoms with E-state index >= 15 is 0 Å². The molecule has 3 aliphatic rings. The fraction of sp³-hybridized carbons (Fsp3) is 1.00. The minimum Gasteiger partial charge on any atom is -0.378 e. The van der Waals surface area contributed by atoms with Crippen molar-refractivity contribution < 1.29 is 4.74 Å². The van der Waals surface area contributed by atoms with Gasteiger partial charge in [0.1, 0.15) is 0 Å². The van der Waals surface area contributed by atoms with Gasteiger partial charge in [-0.3, -0.25) is 4.90 Å². The number of ether oxygens (including phenoxy) is 1. The van der Waals surface area contributed by atoms with E-state index < -0.39 is 0 Å². The van der Waals surface area contributed by atoms with Crippen LogP contribution >= 0.6 is 0 Å². The molecule has 19 heavy (non-hydrogen) atoms. The van der Waals surface area contributed by atoms with E-state index in [2.05, 4.69) is 24.1 Å². The Morgan fingerprint density at radius 1 is 1.32 bits per heavy atom. The van der Waals surface area contributed by atoms with Crippen molar-refractivity contribution in [2.24, 2.45) is 5.92 Å². The molecule has 0 bridgehead atoms. The van der Waals surface area contributed by atoms with E-state index in [9.17, 15) is 0 Å². The van der Waals surface area contributed by atoms with Crippen LogP contribution in [-0.4, -0.2) is 48.8 Å². The highest BCUT2D eigenvalue weighted by Gasteiger charge is 2.41. The third-order valence-corrected chi connectivity index (χ3v) is 5.68. The average molecular weight is 266 g/mol. The standard InChI is InChI=1S/C16H30N2O/c1-3-15-14(6-9-19-15)11-18-12-16(7-4-5-8-16)17-10-13(18)2/h13-15,17H,3-12H2,1-2H3. The zero-order valence-corrected chi connectivity index (χ0v) is 12.7. The van der Waals surface area contributed by atoms with Crippen LogP contribution in [0.4, 0.5) is 0 Å². The van der Waals surface area contributed by atoms with Gasteiger partial charge in [-0.1, -0.05) is 19.8 Å². The van der Waals surface area contributed by atoms with Crippen molar-refractivity contribution >= 4 is 0 Å². The normalized spacial score (nSPS) is 39.2. The molecule has 3 nitrogen and oxygen atoms in total. The topological polar surface area (TPSA) is 24.5 Å². The van der Waals surface area contributed by atoms with E-state index in [4.69, 9.17) is 4.74 Å². The predicted molar refractivity (Wildman–Crippen MR) is 78.4 cm³/mol. The third kappa shape index (κ3) is 2.84. The molecule has 0 radical (unpaired) electrons. The van der Waals surface area contributed by atoms with E-state index in [0.717, 1.165) is 12.5 Å². The van der Waals surface area contributed by atoms with Crippen molar-refractivity contribution in [2.45, 2.75) is 70.1 Å². The number of nitrogens with zero attached hydrogens (tertiary/aromatic N) is 1. The van der Waals surface area contributed by atoms with Gasteiger partial charge in [0, 0.05) is 37.8 Å². The van der Waals surface area contributed by atoms with Gasteiger partial charge in [0.25, 0.3) is 0 Å². The van der Waals surface area contributed by atoms with Crippen LogP contribution in [0.3, 0.4) is 0 Å². The molecular formula is C16H30N2O. The smallest absolute Gasteiger partial charge is 0.0613 e. The Hall–Kier alpha value is -0.120. The second-order valence-corrected chi connectivity index (χ2v) is 7.01. The Balaban J connectivity index is 1.62. The van der Waals surface area contributed by atoms with Gasteiger partial charge in [0.15, 0.2) is 0 Å². The molecule has 3 atom stereocenters. The van der Waals surface area contributed by atoms with Crippen LogP contribution in [0.5, 0.6) is 0 Å². The molecule has 1 spiro atoms. The summed E-state index contributed by atoms with van der Waals surface area (Å²) in [5.74, 6) is 0.768. The Labute approximate surface area is 118 Å². The highest BCUT2D eigenvalue weighted by Crippen LogP contribution is 2.34. The quantitative estimate of drug-likeness (QED) is 0.849. The number of piperazine rings is 1.